The summed E-state index contributed by atoms with van der Waals surface area (Å²) in [5, 5.41) is 10.2. The van der Waals surface area contributed by atoms with Crippen LogP contribution in [-0.2, 0) is 10.0 Å². The molecular weight excluding hydrogens is 352 g/mol. The van der Waals surface area contributed by atoms with Gasteiger partial charge in [-0.2, -0.15) is 0 Å². The van der Waals surface area contributed by atoms with Crippen LogP contribution in [-0.4, -0.2) is 14.3 Å². The van der Waals surface area contributed by atoms with Crippen molar-refractivity contribution < 1.29 is 17.6 Å². The number of primary sulfonamides is 1. The van der Waals surface area contributed by atoms with Crippen molar-refractivity contribution >= 4 is 26.7 Å². The fraction of sp³-hybridized carbons (Fsp3) is 0.211. The summed E-state index contributed by atoms with van der Waals surface area (Å²) in [6.07, 6.45) is 0. The number of amides is 1. The van der Waals surface area contributed by atoms with Gasteiger partial charge in [0.05, 0.1) is 6.04 Å². The minimum absolute atomic E-state index is 0.0444. The average molecular weight is 372 g/mol. The number of sulfonamides is 1. The Kier molecular flexibility index (Phi) is 4.60. The van der Waals surface area contributed by atoms with E-state index in [9.17, 15) is 13.2 Å². The number of rotatable bonds is 4. The van der Waals surface area contributed by atoms with Crippen molar-refractivity contribution in [2.24, 2.45) is 5.14 Å². The Morgan fingerprint density at radius 3 is 2.42 bits per heavy atom. The molecule has 0 saturated heterocycles. The van der Waals surface area contributed by atoms with Gasteiger partial charge in [0.15, 0.2) is 0 Å². The molecule has 1 amide bonds. The summed E-state index contributed by atoms with van der Waals surface area (Å²) in [7, 11) is -4.08. The SMILES string of the molecule is Cc1oc(C)c(S(N)(=O)=O)c1C(=O)N[C@H](C)c1cccc2ccccc12. The standard InChI is InChI=1S/C19H20N2O4S/c1-11(15-10-6-8-14-7-4-5-9-16(14)15)21-19(22)17-12(2)25-13(3)18(17)26(20,23)24/h4-11H,1-3H3,(H,21,22)(H2,20,23,24)/t11-/m1/s1. The highest BCUT2D eigenvalue weighted by Gasteiger charge is 2.29. The first kappa shape index (κ1) is 18.2. The zero-order valence-corrected chi connectivity index (χ0v) is 15.6. The smallest absolute Gasteiger partial charge is 0.256 e. The minimum atomic E-state index is -4.08. The molecule has 3 aromatic rings. The topological polar surface area (TPSA) is 102 Å². The number of hydrogen-bond acceptors (Lipinski definition) is 4. The number of nitrogens with one attached hydrogen (secondary N) is 1. The molecule has 3 N–H and O–H groups in total. The summed E-state index contributed by atoms with van der Waals surface area (Å²) < 4.78 is 29.1. The molecule has 3 rings (SSSR count). The molecule has 0 aliphatic carbocycles. The number of benzene rings is 2. The summed E-state index contributed by atoms with van der Waals surface area (Å²) in [6, 6.07) is 13.4. The number of hydrogen-bond donors (Lipinski definition) is 2. The third-order valence-corrected chi connectivity index (χ3v) is 5.41. The average Bonchev–Trinajstić information content (AvgIpc) is 2.88. The number of carbonyl (C=O) groups excluding carboxylic acids is 1. The van der Waals surface area contributed by atoms with E-state index in [-0.39, 0.29) is 28.0 Å². The molecule has 6 nitrogen and oxygen atoms in total. The summed E-state index contributed by atoms with van der Waals surface area (Å²) in [5.41, 5.74) is 0.892. The molecule has 1 atom stereocenters. The van der Waals surface area contributed by atoms with Crippen molar-refractivity contribution in [2.45, 2.75) is 31.7 Å². The van der Waals surface area contributed by atoms with E-state index < -0.39 is 15.9 Å². The van der Waals surface area contributed by atoms with E-state index in [1.54, 1.807) is 6.92 Å². The predicted octanol–water partition coefficient (Wildman–Crippen LogP) is 3.19. The molecular formula is C19H20N2O4S. The van der Waals surface area contributed by atoms with Crippen LogP contribution in [0.15, 0.2) is 51.8 Å². The fourth-order valence-corrected chi connectivity index (χ4v) is 4.21. The second kappa shape index (κ2) is 6.59. The van der Waals surface area contributed by atoms with E-state index in [0.29, 0.717) is 0 Å². The normalized spacial score (nSPS) is 12.9. The maximum absolute atomic E-state index is 12.8. The van der Waals surface area contributed by atoms with Crippen LogP contribution < -0.4 is 10.5 Å². The minimum Gasteiger partial charge on any atom is -0.464 e. The van der Waals surface area contributed by atoms with E-state index >= 15 is 0 Å². The zero-order valence-electron chi connectivity index (χ0n) is 14.7. The number of carbonyl (C=O) groups is 1. The van der Waals surface area contributed by atoms with Crippen molar-refractivity contribution in [3.63, 3.8) is 0 Å². The zero-order chi connectivity index (χ0) is 19.1. The van der Waals surface area contributed by atoms with E-state index in [0.717, 1.165) is 16.3 Å². The van der Waals surface area contributed by atoms with Crippen LogP contribution >= 0.6 is 0 Å². The molecule has 0 saturated carbocycles. The first-order chi connectivity index (χ1) is 12.2. The summed E-state index contributed by atoms with van der Waals surface area (Å²) in [5.74, 6) is -0.217. The van der Waals surface area contributed by atoms with Crippen molar-refractivity contribution in [2.75, 3.05) is 0 Å². The second-order valence-corrected chi connectivity index (χ2v) is 7.73. The van der Waals surface area contributed by atoms with Gasteiger partial charge in [-0.25, -0.2) is 13.6 Å². The van der Waals surface area contributed by atoms with E-state index in [4.69, 9.17) is 9.56 Å². The molecule has 0 fully saturated rings. The third-order valence-electron chi connectivity index (χ3n) is 4.35. The van der Waals surface area contributed by atoms with Crippen molar-refractivity contribution in [3.8, 4) is 0 Å². The summed E-state index contributed by atoms with van der Waals surface area (Å²) in [4.78, 5) is 12.5. The lowest BCUT2D eigenvalue weighted by Gasteiger charge is -2.17. The van der Waals surface area contributed by atoms with Crippen LogP contribution in [0.1, 0.15) is 40.4 Å². The van der Waals surface area contributed by atoms with Gasteiger partial charge in [-0.05, 0) is 37.1 Å². The number of aryl methyl sites for hydroxylation is 2. The summed E-state index contributed by atoms with van der Waals surface area (Å²) >= 11 is 0. The molecule has 1 aromatic heterocycles. The highest BCUT2D eigenvalue weighted by molar-refractivity contribution is 7.89. The number of nitrogens with two attached hydrogens (primary N) is 1. The van der Waals surface area contributed by atoms with Crippen LogP contribution in [0.3, 0.4) is 0 Å². The van der Waals surface area contributed by atoms with E-state index in [1.165, 1.54) is 6.92 Å². The van der Waals surface area contributed by atoms with Gasteiger partial charge < -0.3 is 9.73 Å². The molecule has 0 radical (unpaired) electrons. The van der Waals surface area contributed by atoms with Gasteiger partial charge >= 0.3 is 0 Å². The van der Waals surface area contributed by atoms with Gasteiger partial charge in [-0.1, -0.05) is 42.5 Å². The molecule has 0 bridgehead atoms. The van der Waals surface area contributed by atoms with E-state index in [1.807, 2.05) is 49.4 Å². The second-order valence-electron chi connectivity index (χ2n) is 6.23. The van der Waals surface area contributed by atoms with Crippen LogP contribution in [0, 0.1) is 13.8 Å². The molecule has 0 aliphatic rings. The molecule has 26 heavy (non-hydrogen) atoms. The van der Waals surface area contributed by atoms with Crippen LogP contribution in [0.4, 0.5) is 0 Å². The van der Waals surface area contributed by atoms with Crippen LogP contribution in [0.2, 0.25) is 0 Å². The Morgan fingerprint density at radius 2 is 1.73 bits per heavy atom. The molecule has 0 spiro atoms. The van der Waals surface area contributed by atoms with Gasteiger partial charge in [-0.15, -0.1) is 0 Å². The predicted molar refractivity (Wildman–Crippen MR) is 99.4 cm³/mol. The van der Waals surface area contributed by atoms with Gasteiger partial charge in [0.2, 0.25) is 10.0 Å². The lowest BCUT2D eigenvalue weighted by Crippen LogP contribution is -2.29. The fourth-order valence-electron chi connectivity index (χ4n) is 3.24. The first-order valence-electron chi connectivity index (χ1n) is 8.11. The molecule has 0 unspecified atom stereocenters. The highest BCUT2D eigenvalue weighted by Crippen LogP contribution is 2.28. The largest absolute Gasteiger partial charge is 0.464 e. The lowest BCUT2D eigenvalue weighted by atomic mass is 9.99. The molecule has 7 heteroatoms. The van der Waals surface area contributed by atoms with Crippen LogP contribution in [0.25, 0.3) is 10.8 Å². The van der Waals surface area contributed by atoms with Gasteiger partial charge in [0.1, 0.15) is 22.0 Å². The van der Waals surface area contributed by atoms with Crippen molar-refractivity contribution in [3.05, 3.63) is 65.1 Å². The monoisotopic (exact) mass is 372 g/mol. The van der Waals surface area contributed by atoms with Crippen molar-refractivity contribution in [1.29, 1.82) is 0 Å². The Labute approximate surface area is 152 Å². The summed E-state index contributed by atoms with van der Waals surface area (Å²) in [6.45, 7) is 4.86. The quantitative estimate of drug-likeness (QED) is 0.734. The molecule has 2 aromatic carbocycles. The Hall–Kier alpha value is -2.64. The lowest BCUT2D eigenvalue weighted by molar-refractivity contribution is 0.0935. The van der Waals surface area contributed by atoms with Gasteiger partial charge in [-0.3, -0.25) is 4.79 Å². The Morgan fingerprint density at radius 1 is 1.08 bits per heavy atom. The van der Waals surface area contributed by atoms with Gasteiger partial charge in [0, 0.05) is 0 Å². The van der Waals surface area contributed by atoms with Crippen LogP contribution in [0.5, 0.6) is 0 Å². The number of fused-ring (bicyclic) bond motifs is 1. The Bertz CT molecular complexity index is 1090. The van der Waals surface area contributed by atoms with Gasteiger partial charge in [0.25, 0.3) is 5.91 Å². The molecule has 0 aliphatic heterocycles. The van der Waals surface area contributed by atoms with E-state index in [2.05, 4.69) is 5.32 Å². The maximum Gasteiger partial charge on any atom is 0.256 e. The first-order valence-corrected chi connectivity index (χ1v) is 9.66. The van der Waals surface area contributed by atoms with Crippen molar-refractivity contribution in [1.82, 2.24) is 5.32 Å². The highest BCUT2D eigenvalue weighted by atomic mass is 32.2. The molecule has 1 heterocycles. The third kappa shape index (κ3) is 3.23. The Balaban J connectivity index is 1.99. The maximum atomic E-state index is 12.8. The number of furan rings is 1. The molecule has 136 valence electrons.